The fraction of sp³-hybridized carbons (Fsp3) is 0.211. The standard InChI is InChI=1S/C19H20N4O2S/c1-3-10-23(12-14-7-4-5-9-20-14)18(24)16-13(2)21-19(25)22-17(16)15-8-6-11-26-15/h3-9,11,17H,1,10,12H2,2H3,(H2,21,22,25). The first-order chi connectivity index (χ1) is 12.6. The van der Waals surface area contributed by atoms with Gasteiger partial charge in [0, 0.05) is 23.3 Å². The summed E-state index contributed by atoms with van der Waals surface area (Å²) >= 11 is 1.50. The zero-order valence-corrected chi connectivity index (χ0v) is 15.3. The van der Waals surface area contributed by atoms with Crippen LogP contribution in [0.25, 0.3) is 0 Å². The van der Waals surface area contributed by atoms with E-state index < -0.39 is 6.04 Å². The number of hydrogen-bond donors (Lipinski definition) is 2. The molecule has 0 saturated carbocycles. The quantitative estimate of drug-likeness (QED) is 0.770. The topological polar surface area (TPSA) is 74.3 Å². The van der Waals surface area contributed by atoms with Crippen LogP contribution in [0.3, 0.4) is 0 Å². The predicted octanol–water partition coefficient (Wildman–Crippen LogP) is 2.99. The average Bonchev–Trinajstić information content (AvgIpc) is 3.16. The van der Waals surface area contributed by atoms with Crippen LogP contribution in [0, 0.1) is 0 Å². The molecule has 0 fully saturated rings. The summed E-state index contributed by atoms with van der Waals surface area (Å²) in [6.45, 7) is 6.26. The summed E-state index contributed by atoms with van der Waals surface area (Å²) in [7, 11) is 0. The monoisotopic (exact) mass is 368 g/mol. The first-order valence-electron chi connectivity index (χ1n) is 8.22. The predicted molar refractivity (Wildman–Crippen MR) is 101 cm³/mol. The van der Waals surface area contributed by atoms with E-state index in [4.69, 9.17) is 0 Å². The van der Waals surface area contributed by atoms with E-state index in [2.05, 4.69) is 22.2 Å². The molecule has 2 aromatic heterocycles. The van der Waals surface area contributed by atoms with Gasteiger partial charge in [0.05, 0.1) is 23.9 Å². The van der Waals surface area contributed by atoms with Crippen LogP contribution in [0.1, 0.15) is 23.5 Å². The Morgan fingerprint density at radius 2 is 2.23 bits per heavy atom. The lowest BCUT2D eigenvalue weighted by Gasteiger charge is -2.31. The fourth-order valence-corrected chi connectivity index (χ4v) is 3.66. The minimum Gasteiger partial charge on any atom is -0.329 e. The molecule has 134 valence electrons. The summed E-state index contributed by atoms with van der Waals surface area (Å²) < 4.78 is 0. The maximum absolute atomic E-state index is 13.3. The molecule has 7 heteroatoms. The van der Waals surface area contributed by atoms with Crippen molar-refractivity contribution in [3.63, 3.8) is 0 Å². The van der Waals surface area contributed by atoms with E-state index in [9.17, 15) is 9.59 Å². The maximum atomic E-state index is 13.3. The summed E-state index contributed by atoms with van der Waals surface area (Å²) in [5.74, 6) is -0.154. The second-order valence-electron chi connectivity index (χ2n) is 5.88. The van der Waals surface area contributed by atoms with Gasteiger partial charge in [-0.05, 0) is 30.5 Å². The Morgan fingerprint density at radius 1 is 1.38 bits per heavy atom. The van der Waals surface area contributed by atoms with Crippen molar-refractivity contribution >= 4 is 23.3 Å². The van der Waals surface area contributed by atoms with Gasteiger partial charge in [-0.1, -0.05) is 18.2 Å². The normalized spacial score (nSPS) is 16.7. The van der Waals surface area contributed by atoms with E-state index in [-0.39, 0.29) is 11.9 Å². The Labute approximate surface area is 156 Å². The molecule has 1 aliphatic rings. The van der Waals surface area contributed by atoms with E-state index in [1.165, 1.54) is 11.3 Å². The van der Waals surface area contributed by atoms with Crippen LogP contribution in [0.4, 0.5) is 4.79 Å². The van der Waals surface area contributed by atoms with Crippen LogP contribution in [0.15, 0.2) is 65.8 Å². The number of urea groups is 1. The molecule has 0 saturated heterocycles. The molecule has 6 nitrogen and oxygen atoms in total. The number of allylic oxidation sites excluding steroid dienone is 1. The molecule has 3 heterocycles. The van der Waals surface area contributed by atoms with E-state index in [0.717, 1.165) is 10.6 Å². The van der Waals surface area contributed by atoms with Crippen molar-refractivity contribution in [1.29, 1.82) is 0 Å². The Morgan fingerprint density at radius 3 is 2.88 bits per heavy atom. The number of pyridine rings is 1. The number of nitrogens with zero attached hydrogens (tertiary/aromatic N) is 2. The molecule has 0 radical (unpaired) electrons. The van der Waals surface area contributed by atoms with Crippen LogP contribution in [-0.2, 0) is 11.3 Å². The lowest BCUT2D eigenvalue weighted by Crippen LogP contribution is -2.47. The largest absolute Gasteiger partial charge is 0.329 e. The van der Waals surface area contributed by atoms with Gasteiger partial charge < -0.3 is 15.5 Å². The lowest BCUT2D eigenvalue weighted by molar-refractivity contribution is -0.127. The zero-order valence-electron chi connectivity index (χ0n) is 14.4. The van der Waals surface area contributed by atoms with Gasteiger partial charge in [0.2, 0.25) is 0 Å². The minimum atomic E-state index is -0.465. The van der Waals surface area contributed by atoms with Crippen LogP contribution in [0.5, 0.6) is 0 Å². The van der Waals surface area contributed by atoms with Crippen LogP contribution in [0.2, 0.25) is 0 Å². The van der Waals surface area contributed by atoms with Gasteiger partial charge in [-0.2, -0.15) is 0 Å². The van der Waals surface area contributed by atoms with Gasteiger partial charge in [-0.15, -0.1) is 17.9 Å². The van der Waals surface area contributed by atoms with E-state index in [0.29, 0.717) is 24.4 Å². The van der Waals surface area contributed by atoms with Gasteiger partial charge in [-0.25, -0.2) is 4.79 Å². The molecule has 1 atom stereocenters. The highest BCUT2D eigenvalue weighted by molar-refractivity contribution is 7.10. The Balaban J connectivity index is 1.93. The van der Waals surface area contributed by atoms with E-state index in [1.54, 1.807) is 24.1 Å². The van der Waals surface area contributed by atoms with E-state index >= 15 is 0 Å². The van der Waals surface area contributed by atoms with Crippen LogP contribution < -0.4 is 10.6 Å². The third-order valence-electron chi connectivity index (χ3n) is 4.04. The molecule has 3 rings (SSSR count). The molecule has 2 aromatic rings. The van der Waals surface area contributed by atoms with Crippen LogP contribution >= 0.6 is 11.3 Å². The fourth-order valence-electron chi connectivity index (χ4n) is 2.88. The number of thiophene rings is 1. The molecule has 0 aliphatic carbocycles. The van der Waals surface area contributed by atoms with E-state index in [1.807, 2.05) is 35.7 Å². The Hall–Kier alpha value is -2.93. The summed E-state index contributed by atoms with van der Waals surface area (Å²) in [5, 5.41) is 7.49. The molecular formula is C19H20N4O2S. The van der Waals surface area contributed by atoms with Gasteiger partial charge in [-0.3, -0.25) is 9.78 Å². The second kappa shape index (κ2) is 7.97. The third-order valence-corrected chi connectivity index (χ3v) is 4.98. The van der Waals surface area contributed by atoms with Gasteiger partial charge in [0.1, 0.15) is 0 Å². The number of amides is 3. The SMILES string of the molecule is C=CCN(Cc1ccccn1)C(=O)C1=C(C)NC(=O)NC1c1cccs1. The summed E-state index contributed by atoms with van der Waals surface area (Å²) in [5.41, 5.74) is 1.89. The first-order valence-corrected chi connectivity index (χ1v) is 9.10. The molecule has 2 N–H and O–H groups in total. The van der Waals surface area contributed by atoms with Crippen molar-refractivity contribution in [3.05, 3.63) is 76.4 Å². The molecule has 1 aliphatic heterocycles. The van der Waals surface area contributed by atoms with Crippen molar-refractivity contribution < 1.29 is 9.59 Å². The summed E-state index contributed by atoms with van der Waals surface area (Å²) in [4.78, 5) is 32.1. The van der Waals surface area contributed by atoms with Crippen molar-refractivity contribution in [2.45, 2.75) is 19.5 Å². The smallest absolute Gasteiger partial charge is 0.319 e. The highest BCUT2D eigenvalue weighted by Gasteiger charge is 2.34. The average molecular weight is 368 g/mol. The number of aromatic nitrogens is 1. The molecule has 26 heavy (non-hydrogen) atoms. The molecule has 0 bridgehead atoms. The number of nitrogens with one attached hydrogen (secondary N) is 2. The maximum Gasteiger partial charge on any atom is 0.319 e. The molecular weight excluding hydrogens is 348 g/mol. The van der Waals surface area contributed by atoms with Gasteiger partial charge in [0.25, 0.3) is 5.91 Å². The Kier molecular flexibility index (Phi) is 5.48. The molecule has 1 unspecified atom stereocenters. The van der Waals surface area contributed by atoms with Gasteiger partial charge >= 0.3 is 6.03 Å². The first kappa shape index (κ1) is 17.9. The lowest BCUT2D eigenvalue weighted by atomic mass is 9.99. The summed E-state index contributed by atoms with van der Waals surface area (Å²) in [6.07, 6.45) is 3.39. The molecule has 0 aromatic carbocycles. The van der Waals surface area contributed by atoms with Crippen molar-refractivity contribution in [2.75, 3.05) is 6.54 Å². The number of carbonyl (C=O) groups excluding carboxylic acids is 2. The highest BCUT2D eigenvalue weighted by Crippen LogP contribution is 2.31. The Bertz CT molecular complexity index is 830. The van der Waals surface area contributed by atoms with Crippen LogP contribution in [-0.4, -0.2) is 28.4 Å². The van der Waals surface area contributed by atoms with Crippen molar-refractivity contribution in [3.8, 4) is 0 Å². The minimum absolute atomic E-state index is 0.154. The second-order valence-corrected chi connectivity index (χ2v) is 6.86. The third kappa shape index (κ3) is 3.83. The summed E-state index contributed by atoms with van der Waals surface area (Å²) in [6, 6.07) is 8.65. The zero-order chi connectivity index (χ0) is 18.5. The number of rotatable bonds is 6. The van der Waals surface area contributed by atoms with Crippen molar-refractivity contribution in [2.24, 2.45) is 0 Å². The number of carbonyl (C=O) groups is 2. The molecule has 3 amide bonds. The highest BCUT2D eigenvalue weighted by atomic mass is 32.1. The van der Waals surface area contributed by atoms with Gasteiger partial charge in [0.15, 0.2) is 0 Å². The molecule has 0 spiro atoms. The number of hydrogen-bond acceptors (Lipinski definition) is 4. The van der Waals surface area contributed by atoms with Crippen molar-refractivity contribution in [1.82, 2.24) is 20.5 Å².